The van der Waals surface area contributed by atoms with Crippen molar-refractivity contribution in [3.8, 4) is 5.75 Å². The highest BCUT2D eigenvalue weighted by Gasteiger charge is 2.49. The van der Waals surface area contributed by atoms with Crippen molar-refractivity contribution in [2.24, 2.45) is 5.92 Å². The van der Waals surface area contributed by atoms with Crippen LogP contribution in [0.5, 0.6) is 5.75 Å². The highest BCUT2D eigenvalue weighted by Crippen LogP contribution is 2.52. The molecule has 0 radical (unpaired) electrons. The second-order valence-corrected chi connectivity index (χ2v) is 6.44. The molecule has 2 unspecified atom stereocenters. The Balaban J connectivity index is 2.01. The second kappa shape index (κ2) is 4.53. The molecule has 98 valence electrons. The van der Waals surface area contributed by atoms with Crippen LogP contribution in [0, 0.1) is 5.92 Å². The zero-order valence-corrected chi connectivity index (χ0v) is 12.6. The van der Waals surface area contributed by atoms with Crippen LogP contribution < -0.4 is 10.1 Å². The van der Waals surface area contributed by atoms with Crippen LogP contribution >= 0.6 is 15.9 Å². The largest absolute Gasteiger partial charge is 0.487 e. The zero-order valence-electron chi connectivity index (χ0n) is 11.0. The van der Waals surface area contributed by atoms with Gasteiger partial charge in [0.05, 0.1) is 0 Å². The van der Waals surface area contributed by atoms with Gasteiger partial charge in [0.1, 0.15) is 11.4 Å². The minimum Gasteiger partial charge on any atom is -0.487 e. The first-order valence-electron chi connectivity index (χ1n) is 6.84. The van der Waals surface area contributed by atoms with Crippen LogP contribution in [0.4, 0.5) is 0 Å². The van der Waals surface area contributed by atoms with Gasteiger partial charge in [-0.1, -0.05) is 28.9 Å². The monoisotopic (exact) mass is 309 g/mol. The van der Waals surface area contributed by atoms with Crippen molar-refractivity contribution in [3.63, 3.8) is 0 Å². The molecule has 1 heterocycles. The van der Waals surface area contributed by atoms with Crippen LogP contribution in [-0.4, -0.2) is 12.6 Å². The third-order valence-electron chi connectivity index (χ3n) is 4.48. The maximum Gasteiger partial charge on any atom is 0.126 e. The normalized spacial score (nSPS) is 30.7. The number of fused-ring (bicyclic) bond motifs is 1. The van der Waals surface area contributed by atoms with Crippen molar-refractivity contribution in [1.82, 2.24) is 5.32 Å². The van der Waals surface area contributed by atoms with Gasteiger partial charge in [-0.3, -0.25) is 0 Å². The summed E-state index contributed by atoms with van der Waals surface area (Å²) < 4.78 is 7.53. The number of hydrogen-bond acceptors (Lipinski definition) is 2. The number of halogens is 1. The molecule has 18 heavy (non-hydrogen) atoms. The highest BCUT2D eigenvalue weighted by molar-refractivity contribution is 9.10. The molecule has 1 aliphatic heterocycles. The summed E-state index contributed by atoms with van der Waals surface area (Å²) in [5.74, 6) is 1.81. The van der Waals surface area contributed by atoms with E-state index in [-0.39, 0.29) is 5.60 Å². The number of ether oxygens (including phenoxy) is 1. The van der Waals surface area contributed by atoms with E-state index in [1.54, 1.807) is 0 Å². The van der Waals surface area contributed by atoms with Gasteiger partial charge in [0.25, 0.3) is 0 Å². The Kier molecular flexibility index (Phi) is 3.15. The van der Waals surface area contributed by atoms with Crippen LogP contribution in [0.25, 0.3) is 0 Å². The van der Waals surface area contributed by atoms with Crippen molar-refractivity contribution < 1.29 is 4.74 Å². The van der Waals surface area contributed by atoms with E-state index in [4.69, 9.17) is 4.74 Å². The molecular formula is C15H20BrNO. The lowest BCUT2D eigenvalue weighted by atomic mass is 9.82. The summed E-state index contributed by atoms with van der Waals surface area (Å²) in [5, 5.41) is 3.46. The van der Waals surface area contributed by atoms with Gasteiger partial charge in [-0.15, -0.1) is 0 Å². The van der Waals surface area contributed by atoms with E-state index in [2.05, 4.69) is 53.4 Å². The fraction of sp³-hybridized carbons (Fsp3) is 0.600. The van der Waals surface area contributed by atoms with Gasteiger partial charge in [-0.2, -0.15) is 0 Å². The molecule has 1 N–H and O–H groups in total. The Hall–Kier alpha value is -0.540. The first-order valence-corrected chi connectivity index (χ1v) is 7.63. The number of benzene rings is 1. The highest BCUT2D eigenvalue weighted by atomic mass is 79.9. The quantitative estimate of drug-likeness (QED) is 0.909. The van der Waals surface area contributed by atoms with Crippen LogP contribution in [0.15, 0.2) is 22.7 Å². The van der Waals surface area contributed by atoms with E-state index in [1.807, 2.05) is 0 Å². The zero-order chi connectivity index (χ0) is 12.8. The predicted molar refractivity (Wildman–Crippen MR) is 76.9 cm³/mol. The first kappa shape index (κ1) is 12.5. The van der Waals surface area contributed by atoms with E-state index >= 15 is 0 Å². The molecule has 1 aromatic carbocycles. The topological polar surface area (TPSA) is 21.3 Å². The van der Waals surface area contributed by atoms with Crippen molar-refractivity contribution in [1.29, 1.82) is 0 Å². The summed E-state index contributed by atoms with van der Waals surface area (Å²) in [6.45, 7) is 2.26. The lowest BCUT2D eigenvalue weighted by Crippen LogP contribution is -2.45. The van der Waals surface area contributed by atoms with Crippen LogP contribution in [0.3, 0.4) is 0 Å². The smallest absolute Gasteiger partial charge is 0.126 e. The number of nitrogens with one attached hydrogen (secondary N) is 1. The van der Waals surface area contributed by atoms with Gasteiger partial charge < -0.3 is 10.1 Å². The van der Waals surface area contributed by atoms with E-state index in [0.717, 1.165) is 29.0 Å². The van der Waals surface area contributed by atoms with Crippen LogP contribution in [0.2, 0.25) is 0 Å². The fourth-order valence-electron chi connectivity index (χ4n) is 3.22. The molecule has 2 atom stereocenters. The van der Waals surface area contributed by atoms with Gasteiger partial charge in [0, 0.05) is 22.5 Å². The minimum atomic E-state index is 0.0570. The van der Waals surface area contributed by atoms with E-state index in [9.17, 15) is 0 Å². The average Bonchev–Trinajstić information content (AvgIpc) is 3.21. The summed E-state index contributed by atoms with van der Waals surface area (Å²) in [5.41, 5.74) is 1.35. The molecule has 0 bridgehead atoms. The molecular weight excluding hydrogens is 290 g/mol. The average molecular weight is 310 g/mol. The van der Waals surface area contributed by atoms with Crippen molar-refractivity contribution in [2.45, 2.75) is 44.2 Å². The van der Waals surface area contributed by atoms with Crippen molar-refractivity contribution >= 4 is 15.9 Å². The molecule has 3 heteroatoms. The lowest BCUT2D eigenvalue weighted by molar-refractivity contribution is 0.00662. The minimum absolute atomic E-state index is 0.0570. The molecule has 0 aromatic heterocycles. The Labute approximate surface area is 117 Å². The summed E-state index contributed by atoms with van der Waals surface area (Å²) in [4.78, 5) is 0. The summed E-state index contributed by atoms with van der Waals surface area (Å²) >= 11 is 3.54. The molecule has 2 aliphatic rings. The molecule has 3 rings (SSSR count). The maximum absolute atomic E-state index is 6.44. The van der Waals surface area contributed by atoms with Crippen molar-refractivity contribution in [3.05, 3.63) is 28.2 Å². The standard InChI is InChI=1S/C15H20BrNO/c1-3-15(10-4-5-10)9-13(17-2)12-7-6-11(16)8-14(12)18-15/h6-8,10,13,17H,3-5,9H2,1-2H3. The Morgan fingerprint density at radius 2 is 2.22 bits per heavy atom. The fourth-order valence-corrected chi connectivity index (χ4v) is 3.56. The third-order valence-corrected chi connectivity index (χ3v) is 4.98. The SMILES string of the molecule is CCC1(C2CC2)CC(NC)c2ccc(Br)cc2O1. The Morgan fingerprint density at radius 1 is 1.44 bits per heavy atom. The summed E-state index contributed by atoms with van der Waals surface area (Å²) in [6, 6.07) is 6.81. The lowest BCUT2D eigenvalue weighted by Gasteiger charge is -2.42. The van der Waals surface area contributed by atoms with E-state index in [0.29, 0.717) is 6.04 Å². The summed E-state index contributed by atoms with van der Waals surface area (Å²) in [7, 11) is 2.05. The molecule has 1 aliphatic carbocycles. The van der Waals surface area contributed by atoms with Gasteiger partial charge >= 0.3 is 0 Å². The van der Waals surface area contributed by atoms with E-state index < -0.39 is 0 Å². The van der Waals surface area contributed by atoms with Gasteiger partial charge in [0.15, 0.2) is 0 Å². The second-order valence-electron chi connectivity index (χ2n) is 5.52. The first-order chi connectivity index (χ1) is 8.68. The molecule has 0 spiro atoms. The molecule has 0 amide bonds. The van der Waals surface area contributed by atoms with Gasteiger partial charge in [-0.25, -0.2) is 0 Å². The van der Waals surface area contributed by atoms with Crippen molar-refractivity contribution in [2.75, 3.05) is 7.05 Å². The molecule has 2 nitrogen and oxygen atoms in total. The number of rotatable bonds is 3. The predicted octanol–water partition coefficient (Wildman–Crippen LogP) is 4.05. The third kappa shape index (κ3) is 1.97. The van der Waals surface area contributed by atoms with Gasteiger partial charge in [-0.05, 0) is 44.4 Å². The Bertz CT molecular complexity index is 458. The maximum atomic E-state index is 6.44. The van der Waals surface area contributed by atoms with E-state index in [1.165, 1.54) is 18.4 Å². The van der Waals surface area contributed by atoms with Crippen LogP contribution in [-0.2, 0) is 0 Å². The molecule has 1 fully saturated rings. The Morgan fingerprint density at radius 3 is 2.83 bits per heavy atom. The summed E-state index contributed by atoms with van der Waals surface area (Å²) in [6.07, 6.45) is 4.85. The molecule has 1 aromatic rings. The molecule has 1 saturated carbocycles. The molecule has 0 saturated heterocycles. The van der Waals surface area contributed by atoms with Gasteiger partial charge in [0.2, 0.25) is 0 Å². The van der Waals surface area contributed by atoms with Crippen LogP contribution in [0.1, 0.15) is 44.2 Å². The number of hydrogen-bond donors (Lipinski definition) is 1.